The predicted octanol–water partition coefficient (Wildman–Crippen LogP) is 4.71. The number of phenols is 1. The molecule has 3 rings (SSSR count). The van der Waals surface area contributed by atoms with E-state index in [0.29, 0.717) is 12.0 Å². The third-order valence-electron chi connectivity index (χ3n) is 4.96. The second kappa shape index (κ2) is 14.3. The minimum atomic E-state index is -4.90. The highest BCUT2D eigenvalue weighted by Crippen LogP contribution is 2.49. The van der Waals surface area contributed by atoms with E-state index in [0.717, 1.165) is 6.07 Å². The number of aromatic hydroxyl groups is 1. The van der Waals surface area contributed by atoms with Gasteiger partial charge in [-0.25, -0.2) is 18.9 Å². The number of sulfone groups is 1. The molecule has 0 saturated heterocycles. The Hall–Kier alpha value is -3.00. The molecule has 3 aromatic carbocycles. The quantitative estimate of drug-likeness (QED) is 0.0300. The van der Waals surface area contributed by atoms with E-state index in [1.807, 2.05) is 0 Å². The lowest BCUT2D eigenvalue weighted by Gasteiger charge is -2.14. The first kappa shape index (κ1) is 32.5. The van der Waals surface area contributed by atoms with Crippen LogP contribution in [0.5, 0.6) is 5.75 Å². The number of hydrogen-bond acceptors (Lipinski definition) is 19. The fourth-order valence-corrected chi connectivity index (χ4v) is 5.84. The number of azo groups is 2. The monoisotopic (exact) mass is 653 g/mol. The summed E-state index contributed by atoms with van der Waals surface area (Å²) in [6.07, 6.45) is 0. The van der Waals surface area contributed by atoms with Crippen molar-refractivity contribution in [2.24, 2.45) is 20.5 Å². The first-order valence-electron chi connectivity index (χ1n) is 10.5. The van der Waals surface area contributed by atoms with E-state index in [9.17, 15) is 26.5 Å². The van der Waals surface area contributed by atoms with Crippen molar-refractivity contribution in [3.8, 4) is 5.75 Å². The Balaban J connectivity index is 2.01. The summed E-state index contributed by atoms with van der Waals surface area (Å²) in [7, 11) is -7.44. The number of rotatable bonds is 14. The van der Waals surface area contributed by atoms with Crippen LogP contribution < -0.4 is 5.73 Å². The molecule has 0 unspecified atom stereocenters. The molecule has 0 amide bonds. The normalized spacial score (nSPS) is 12.7. The van der Waals surface area contributed by atoms with Gasteiger partial charge in [0.1, 0.15) is 16.3 Å². The highest BCUT2D eigenvalue weighted by atomic mass is 32.2. The molecule has 0 aliphatic heterocycles. The van der Waals surface area contributed by atoms with Gasteiger partial charge in [-0.3, -0.25) is 8.74 Å². The first-order chi connectivity index (χ1) is 19.4. The summed E-state index contributed by atoms with van der Waals surface area (Å²) >= 11 is 0.623. The Morgan fingerprint density at radius 2 is 1.66 bits per heavy atom. The third kappa shape index (κ3) is 8.06. The zero-order valence-corrected chi connectivity index (χ0v) is 23.6. The summed E-state index contributed by atoms with van der Waals surface area (Å²) in [4.78, 5) is -0.830. The molecule has 3 aromatic rings. The second-order valence-corrected chi connectivity index (χ2v) is 12.1. The lowest BCUT2D eigenvalue weighted by atomic mass is 10.0. The van der Waals surface area contributed by atoms with Gasteiger partial charge in [0, 0.05) is 17.3 Å². The third-order valence-corrected chi connectivity index (χ3v) is 8.55. The van der Waals surface area contributed by atoms with Crippen molar-refractivity contribution in [1.82, 2.24) is 0 Å². The van der Waals surface area contributed by atoms with Gasteiger partial charge in [-0.15, -0.1) is 13.8 Å². The summed E-state index contributed by atoms with van der Waals surface area (Å²) in [5, 5.41) is 49.2. The highest BCUT2D eigenvalue weighted by Gasteiger charge is 2.26. The second-order valence-electron chi connectivity index (χ2n) is 7.35. The number of anilines is 1. The number of benzene rings is 3. The van der Waals surface area contributed by atoms with Crippen LogP contribution in [0.1, 0.15) is 0 Å². The van der Waals surface area contributed by atoms with Crippen LogP contribution in [0.3, 0.4) is 0 Å². The highest BCUT2D eigenvalue weighted by molar-refractivity contribution is 7.94. The van der Waals surface area contributed by atoms with Gasteiger partial charge in [0.15, 0.2) is 27.9 Å². The van der Waals surface area contributed by atoms with Gasteiger partial charge in [0.2, 0.25) is 0 Å². The molecule has 0 aliphatic carbocycles. The molecule has 18 nitrogen and oxygen atoms in total. The zero-order valence-electron chi connectivity index (χ0n) is 20.3. The minimum Gasteiger partial charge on any atom is -0.505 e. The van der Waals surface area contributed by atoms with E-state index < -0.39 is 42.0 Å². The van der Waals surface area contributed by atoms with E-state index in [1.165, 1.54) is 37.4 Å². The van der Waals surface area contributed by atoms with Crippen molar-refractivity contribution in [2.45, 2.75) is 14.7 Å². The molecule has 0 spiro atoms. The van der Waals surface area contributed by atoms with E-state index in [1.54, 1.807) is 0 Å². The van der Waals surface area contributed by atoms with Crippen LogP contribution in [0.25, 0.3) is 10.8 Å². The molecule has 0 saturated carbocycles. The average Bonchev–Trinajstić information content (AvgIpc) is 2.92. The van der Waals surface area contributed by atoms with Crippen molar-refractivity contribution >= 4 is 77.8 Å². The number of hydrogen-bond donors (Lipinski definition) is 5. The lowest BCUT2D eigenvalue weighted by molar-refractivity contribution is -0.434. The van der Waals surface area contributed by atoms with Gasteiger partial charge >= 0.3 is 0 Å². The predicted molar refractivity (Wildman–Crippen MR) is 142 cm³/mol. The van der Waals surface area contributed by atoms with E-state index >= 15 is 0 Å². The maximum absolute atomic E-state index is 12.4. The van der Waals surface area contributed by atoms with Crippen molar-refractivity contribution in [2.75, 3.05) is 25.1 Å². The maximum atomic E-state index is 12.4. The largest absolute Gasteiger partial charge is 0.505 e. The van der Waals surface area contributed by atoms with Gasteiger partial charge in [0.25, 0.3) is 10.1 Å². The molecule has 0 heterocycles. The fraction of sp³-hybridized carbons (Fsp3) is 0.158. The minimum absolute atomic E-state index is 0.00941. The standard InChI is InChI=1S/C19H19N5O13S4/c1-21-24-18-15(41(30,31)32)8-12-14(38-36-34-26)9-13(17(20)16(12)19(18)25)23-22-10-2-4-11(5-3-10)40(28,29)7-6-33-39-37-35-27/h2-5,8-9,25-27H,6-7,20H2,1H3,(H,30,31,32). The molecule has 0 bridgehead atoms. The van der Waals surface area contributed by atoms with Crippen LogP contribution in [0, 0.1) is 0 Å². The van der Waals surface area contributed by atoms with Crippen LogP contribution in [0.2, 0.25) is 0 Å². The number of nitrogens with zero attached hydrogens (tertiary/aromatic N) is 4. The van der Waals surface area contributed by atoms with Crippen LogP contribution in [0.4, 0.5) is 22.7 Å². The molecule has 0 atom stereocenters. The SMILES string of the molecule is CN=Nc1c(S(=O)(=O)O)cc2c(SOOO)cc(N=Nc3ccc(S(=O)(=O)CCOSOOO)cc3)c(N)c2c1O. The van der Waals surface area contributed by atoms with Crippen LogP contribution in [0.15, 0.2) is 71.5 Å². The van der Waals surface area contributed by atoms with Gasteiger partial charge < -0.3 is 10.8 Å². The van der Waals surface area contributed by atoms with Crippen LogP contribution in [-0.4, -0.2) is 56.4 Å². The van der Waals surface area contributed by atoms with Crippen molar-refractivity contribution in [3.05, 3.63) is 36.4 Å². The first-order valence-corrected chi connectivity index (χ1v) is 15.0. The number of nitrogens with two attached hydrogens (primary N) is 1. The summed E-state index contributed by atoms with van der Waals surface area (Å²) in [6.45, 7) is -0.273. The average molecular weight is 654 g/mol. The Bertz CT molecular complexity index is 1670. The van der Waals surface area contributed by atoms with E-state index in [2.05, 4.69) is 39.2 Å². The lowest BCUT2D eigenvalue weighted by Crippen LogP contribution is -2.10. The zero-order chi connectivity index (χ0) is 30.2. The summed E-state index contributed by atoms with van der Waals surface area (Å²) < 4.78 is 71.6. The van der Waals surface area contributed by atoms with Gasteiger partial charge in [-0.1, -0.05) is 10.1 Å². The van der Waals surface area contributed by atoms with E-state index in [-0.39, 0.29) is 56.6 Å². The van der Waals surface area contributed by atoms with Crippen LogP contribution >= 0.6 is 24.4 Å². The van der Waals surface area contributed by atoms with Crippen molar-refractivity contribution < 1.29 is 59.9 Å². The number of nitrogen functional groups attached to an aromatic ring is 1. The molecule has 6 N–H and O–H groups in total. The molecule has 0 radical (unpaired) electrons. The Morgan fingerprint density at radius 1 is 0.976 bits per heavy atom. The van der Waals surface area contributed by atoms with Gasteiger partial charge in [-0.2, -0.15) is 23.8 Å². The molecule has 0 aromatic heterocycles. The van der Waals surface area contributed by atoms with Crippen molar-refractivity contribution in [3.63, 3.8) is 0 Å². The number of fused-ring (bicyclic) bond motifs is 1. The molecular weight excluding hydrogens is 634 g/mol. The molecule has 0 fully saturated rings. The number of phenolic OH excluding ortho intramolecular Hbond substituents is 1. The Labute approximate surface area is 239 Å². The fourth-order valence-electron chi connectivity index (χ4n) is 3.27. The summed E-state index contributed by atoms with van der Waals surface area (Å²) in [5.41, 5.74) is 5.53. The molecular formula is C19H19N5O13S4. The maximum Gasteiger partial charge on any atom is 0.296 e. The Kier molecular flexibility index (Phi) is 11.3. The summed E-state index contributed by atoms with van der Waals surface area (Å²) in [5.74, 6) is -1.18. The molecule has 41 heavy (non-hydrogen) atoms. The van der Waals surface area contributed by atoms with Crippen molar-refractivity contribution in [1.29, 1.82) is 0 Å². The topological polar surface area (TPSA) is 271 Å². The van der Waals surface area contributed by atoms with Gasteiger partial charge in [-0.05, 0) is 36.4 Å². The molecule has 222 valence electrons. The summed E-state index contributed by atoms with van der Waals surface area (Å²) in [6, 6.07) is 7.44. The van der Waals surface area contributed by atoms with E-state index in [4.69, 9.17) is 20.4 Å². The molecule has 22 heteroatoms. The smallest absolute Gasteiger partial charge is 0.296 e. The molecule has 0 aliphatic rings. The Morgan fingerprint density at radius 3 is 2.27 bits per heavy atom. The van der Waals surface area contributed by atoms with Gasteiger partial charge in [0.05, 0.1) is 46.1 Å². The van der Waals surface area contributed by atoms with Crippen LogP contribution in [-0.2, 0) is 42.9 Å².